The van der Waals surface area contributed by atoms with E-state index in [-0.39, 0.29) is 0 Å². The minimum absolute atomic E-state index is 1.38. The molecule has 0 radical (unpaired) electrons. The Morgan fingerprint density at radius 3 is 2.17 bits per heavy atom. The first kappa shape index (κ1) is 7.38. The van der Waals surface area contributed by atoms with E-state index in [0.29, 0.717) is 0 Å². The van der Waals surface area contributed by atoms with Crippen molar-refractivity contribution in [2.24, 2.45) is 0 Å². The van der Waals surface area contributed by atoms with Crippen molar-refractivity contribution in [2.75, 3.05) is 0 Å². The second-order valence-corrected chi connectivity index (χ2v) is 3.03. The summed E-state index contributed by atoms with van der Waals surface area (Å²) in [6, 6.07) is 0. The van der Waals surface area contributed by atoms with Crippen LogP contribution < -0.4 is 0 Å². The second kappa shape index (κ2) is 6.38. The van der Waals surface area contributed by atoms with E-state index in [2.05, 4.69) is 6.92 Å². The van der Waals surface area contributed by atoms with E-state index in [0.717, 1.165) is 0 Å². The van der Waals surface area contributed by atoms with Crippen molar-refractivity contribution in [2.45, 2.75) is 28.1 Å². The Hall–Kier alpha value is 1.38. The molecule has 35 valence electrons. The van der Waals surface area contributed by atoms with Gasteiger partial charge in [0, 0.05) is 0 Å². The molecule has 0 heterocycles. The van der Waals surface area contributed by atoms with Crippen molar-refractivity contribution in [3.63, 3.8) is 0 Å². The van der Waals surface area contributed by atoms with Gasteiger partial charge in [-0.2, -0.15) is 0 Å². The summed E-state index contributed by atoms with van der Waals surface area (Å²) < 4.78 is 1.49. The molecule has 0 unspecified atom stereocenters. The van der Waals surface area contributed by atoms with E-state index in [1.807, 2.05) is 0 Å². The van der Waals surface area contributed by atoms with E-state index < -0.39 is 0 Å². The first-order chi connectivity index (χ1) is 2.91. The van der Waals surface area contributed by atoms with Gasteiger partial charge in [0.2, 0.25) is 0 Å². The van der Waals surface area contributed by atoms with Gasteiger partial charge in [0.15, 0.2) is 0 Å². The van der Waals surface area contributed by atoms with Gasteiger partial charge in [-0.05, 0) is 0 Å². The number of rotatable bonds is 3. The molecular formula is C5H11Ce. The molecule has 6 heavy (non-hydrogen) atoms. The molecule has 0 spiro atoms. The SMILES string of the molecule is CCCC[CH2][Ce]. The zero-order chi connectivity index (χ0) is 4.83. The third-order valence-corrected chi connectivity index (χ3v) is 1.89. The summed E-state index contributed by atoms with van der Waals surface area (Å²) in [6.07, 6.45) is 4.30. The fraction of sp³-hybridized carbons (Fsp3) is 1.00. The maximum atomic E-state index is 2.25. The first-order valence-electron chi connectivity index (χ1n) is 2.56. The van der Waals surface area contributed by atoms with Crippen LogP contribution in [0.4, 0.5) is 0 Å². The predicted molar refractivity (Wildman–Crippen MR) is 24.3 cm³/mol. The molecule has 0 aromatic rings. The molecule has 0 amide bonds. The number of hydrogen-bond donors (Lipinski definition) is 0. The predicted octanol–water partition coefficient (Wildman–Crippen LogP) is 2.14. The molecule has 0 fully saturated rings. The van der Waals surface area contributed by atoms with Crippen LogP contribution in [0.5, 0.6) is 0 Å². The van der Waals surface area contributed by atoms with Crippen LogP contribution in [-0.2, 0) is 0 Å². The Kier molecular flexibility index (Phi) is 7.84. The van der Waals surface area contributed by atoms with Crippen molar-refractivity contribution in [3.05, 3.63) is 0 Å². The number of unbranched alkanes of at least 4 members (excludes halogenated alkanes) is 2. The first-order valence-corrected chi connectivity index (χ1v) is 4.78. The quantitative estimate of drug-likeness (QED) is 0.627. The van der Waals surface area contributed by atoms with Gasteiger partial charge in [-0.3, -0.25) is 0 Å². The Balaban J connectivity index is 2.34. The van der Waals surface area contributed by atoms with Crippen molar-refractivity contribution >= 4 is 0 Å². The fourth-order valence-corrected chi connectivity index (χ4v) is 1.16. The van der Waals surface area contributed by atoms with Crippen LogP contribution >= 0.6 is 0 Å². The molecule has 0 saturated carbocycles. The van der Waals surface area contributed by atoms with Crippen LogP contribution in [0.15, 0.2) is 0 Å². The zero-order valence-corrected chi connectivity index (χ0v) is 7.47. The molecule has 0 aliphatic carbocycles. The van der Waals surface area contributed by atoms with Gasteiger partial charge in [0.05, 0.1) is 0 Å². The Bertz CT molecular complexity index is 15.9. The van der Waals surface area contributed by atoms with Gasteiger partial charge in [-0.25, -0.2) is 0 Å². The normalized spacial score (nSPS) is 8.67. The van der Waals surface area contributed by atoms with Crippen LogP contribution in [0.25, 0.3) is 0 Å². The molecule has 0 aliphatic heterocycles. The van der Waals surface area contributed by atoms with Crippen molar-refractivity contribution < 1.29 is 39.6 Å². The molecule has 0 N–H and O–H groups in total. The van der Waals surface area contributed by atoms with E-state index >= 15 is 0 Å². The van der Waals surface area contributed by atoms with Gasteiger partial charge in [0.25, 0.3) is 0 Å². The van der Waals surface area contributed by atoms with E-state index in [1.165, 1.54) is 60.9 Å². The average molecular weight is 211 g/mol. The zero-order valence-electron chi connectivity index (χ0n) is 4.33. The van der Waals surface area contributed by atoms with Gasteiger partial charge in [-0.15, -0.1) is 0 Å². The standard InChI is InChI=1S/C5H11.Ce/c1-3-5-4-2;/h1,3-5H2,2H3;. The molecular weight excluding hydrogens is 200 g/mol. The molecule has 0 atom stereocenters. The molecule has 0 aliphatic rings. The topological polar surface area (TPSA) is 0 Å². The second-order valence-electron chi connectivity index (χ2n) is 1.46. The molecule has 0 saturated heterocycles. The third-order valence-electron chi connectivity index (χ3n) is 0.780. The molecule has 0 aromatic heterocycles. The van der Waals surface area contributed by atoms with Crippen LogP contribution in [0, 0.1) is 39.6 Å². The van der Waals surface area contributed by atoms with E-state index in [1.54, 1.807) is 0 Å². The molecule has 0 aromatic carbocycles. The Labute approximate surface area is 67.0 Å². The molecule has 1 heteroatoms. The van der Waals surface area contributed by atoms with Gasteiger partial charge in [-0.1, -0.05) is 0 Å². The van der Waals surface area contributed by atoms with Gasteiger partial charge >= 0.3 is 67.8 Å². The van der Waals surface area contributed by atoms with Crippen molar-refractivity contribution in [1.29, 1.82) is 0 Å². The Morgan fingerprint density at radius 1 is 1.33 bits per heavy atom. The molecule has 0 rings (SSSR count). The van der Waals surface area contributed by atoms with Crippen molar-refractivity contribution in [3.8, 4) is 0 Å². The maximum absolute atomic E-state index is 2.25. The van der Waals surface area contributed by atoms with Crippen LogP contribution in [0.1, 0.15) is 26.2 Å². The minimum atomic E-state index is 1.38. The Morgan fingerprint density at radius 2 is 2.00 bits per heavy atom. The third kappa shape index (κ3) is 5.38. The summed E-state index contributed by atoms with van der Waals surface area (Å²) in [5.74, 6) is 0. The summed E-state index contributed by atoms with van der Waals surface area (Å²) in [5.41, 5.74) is 0. The van der Waals surface area contributed by atoms with E-state index in [4.69, 9.17) is 0 Å². The summed E-state index contributed by atoms with van der Waals surface area (Å²) in [4.78, 5) is 0. The fourth-order valence-electron chi connectivity index (χ4n) is 0.375. The van der Waals surface area contributed by atoms with Crippen LogP contribution in [0.2, 0.25) is 1.94 Å². The van der Waals surface area contributed by atoms with Crippen LogP contribution in [-0.4, -0.2) is 0 Å². The average Bonchev–Trinajstić information content (AvgIpc) is 1.61. The van der Waals surface area contributed by atoms with E-state index in [9.17, 15) is 0 Å². The summed E-state index contributed by atoms with van der Waals surface area (Å²) in [5, 5.41) is 0. The van der Waals surface area contributed by atoms with Gasteiger partial charge in [0.1, 0.15) is 0 Å². The summed E-state index contributed by atoms with van der Waals surface area (Å²) in [6.45, 7) is 2.25. The van der Waals surface area contributed by atoms with Crippen molar-refractivity contribution in [1.82, 2.24) is 0 Å². The summed E-state index contributed by atoms with van der Waals surface area (Å²) >= 11 is 1.40. The monoisotopic (exact) mass is 211 g/mol. The summed E-state index contributed by atoms with van der Waals surface area (Å²) in [7, 11) is 0. The van der Waals surface area contributed by atoms with Gasteiger partial charge < -0.3 is 0 Å². The van der Waals surface area contributed by atoms with Crippen LogP contribution in [0.3, 0.4) is 0 Å². The molecule has 0 bridgehead atoms. The molecule has 0 nitrogen and oxygen atoms in total. The number of hydrogen-bond acceptors (Lipinski definition) is 0.